The Kier molecular flexibility index (Phi) is 7.55. The van der Waals surface area contributed by atoms with Crippen LogP contribution in [0.5, 0.6) is 0 Å². The van der Waals surface area contributed by atoms with Gasteiger partial charge in [-0.05, 0) is 72.9 Å². The minimum atomic E-state index is -1.11. The number of hydrogen-bond donors (Lipinski definition) is 1. The van der Waals surface area contributed by atoms with Crippen molar-refractivity contribution in [1.82, 2.24) is 0 Å². The number of rotatable bonds is 8. The second kappa shape index (κ2) is 11.6. The van der Waals surface area contributed by atoms with Crippen molar-refractivity contribution >= 4 is 60.2 Å². The minimum Gasteiger partial charge on any atom is -0.851 e. The summed E-state index contributed by atoms with van der Waals surface area (Å²) in [6.07, 6.45) is -2.21. The predicted octanol–water partition coefficient (Wildman–Crippen LogP) is 6.91. The average molecular weight is 596 g/mol. The first-order valence-electron chi connectivity index (χ1n) is 16.4. The monoisotopic (exact) mass is 595 g/mol. The molecular formula is C40H41N3O2-2. The highest BCUT2D eigenvalue weighted by molar-refractivity contribution is 6.18. The van der Waals surface area contributed by atoms with E-state index in [4.69, 9.17) is 5.73 Å². The zero-order chi connectivity index (χ0) is 31.4. The van der Waals surface area contributed by atoms with Crippen LogP contribution in [0, 0.1) is 0 Å². The van der Waals surface area contributed by atoms with Crippen LogP contribution in [0.2, 0.25) is 0 Å². The Morgan fingerprint density at radius 1 is 0.489 bits per heavy atom. The van der Waals surface area contributed by atoms with E-state index in [1.165, 1.54) is 5.69 Å². The molecule has 2 N–H and O–H groups in total. The van der Waals surface area contributed by atoms with Gasteiger partial charge >= 0.3 is 0 Å². The van der Waals surface area contributed by atoms with Gasteiger partial charge in [0.15, 0.2) is 0 Å². The molecule has 2 atom stereocenters. The summed E-state index contributed by atoms with van der Waals surface area (Å²) in [5, 5.41) is 37.6. The van der Waals surface area contributed by atoms with E-state index in [0.29, 0.717) is 5.69 Å². The number of nitrogens with zero attached hydrogens (tertiary/aromatic N) is 2. The highest BCUT2D eigenvalue weighted by Gasteiger charge is 2.42. The molecule has 0 radical (unpaired) electrons. The van der Waals surface area contributed by atoms with Gasteiger partial charge in [0.25, 0.3) is 0 Å². The number of nitrogen functional groups attached to an aromatic ring is 1. The molecule has 0 spiro atoms. The van der Waals surface area contributed by atoms with Crippen molar-refractivity contribution in [3.8, 4) is 0 Å². The molecule has 5 nitrogen and oxygen atoms in total. The zero-order valence-electron chi connectivity index (χ0n) is 26.6. The van der Waals surface area contributed by atoms with E-state index in [0.717, 1.165) is 86.1 Å². The fourth-order valence-corrected chi connectivity index (χ4v) is 8.21. The van der Waals surface area contributed by atoms with Gasteiger partial charge < -0.3 is 25.7 Å². The number of hydrogen-bond acceptors (Lipinski definition) is 5. The van der Waals surface area contributed by atoms with Crippen molar-refractivity contribution in [2.45, 2.75) is 51.7 Å². The molecule has 5 heteroatoms. The van der Waals surface area contributed by atoms with Crippen LogP contribution in [0.1, 0.15) is 50.7 Å². The van der Waals surface area contributed by atoms with Crippen LogP contribution >= 0.6 is 0 Å². The molecule has 1 aliphatic carbocycles. The van der Waals surface area contributed by atoms with Crippen LogP contribution in [-0.4, -0.2) is 38.4 Å². The Hall–Kier alpha value is -4.32. The van der Waals surface area contributed by atoms with Crippen molar-refractivity contribution in [3.63, 3.8) is 0 Å². The lowest BCUT2D eigenvalue weighted by atomic mass is 9.60. The van der Waals surface area contributed by atoms with Gasteiger partial charge in [0.05, 0.1) is 11.4 Å². The molecule has 230 valence electrons. The molecule has 2 unspecified atom stereocenters. The number of nitrogens with two attached hydrogens (primary N) is 1. The Morgan fingerprint density at radius 3 is 1.29 bits per heavy atom. The first-order valence-corrected chi connectivity index (χ1v) is 16.4. The number of fused-ring (bicyclic) bond motifs is 4. The summed E-state index contributed by atoms with van der Waals surface area (Å²) in [6, 6.07) is 30.8. The lowest BCUT2D eigenvalue weighted by Crippen LogP contribution is -2.63. The van der Waals surface area contributed by atoms with E-state index >= 15 is 0 Å². The van der Waals surface area contributed by atoms with Crippen molar-refractivity contribution in [3.05, 3.63) is 102 Å². The molecule has 6 aromatic rings. The summed E-state index contributed by atoms with van der Waals surface area (Å²) in [4.78, 5) is 4.72. The van der Waals surface area contributed by atoms with Gasteiger partial charge in [-0.2, -0.15) is 0 Å². The topological polar surface area (TPSA) is 78.6 Å². The number of benzene rings is 6. The lowest BCUT2D eigenvalue weighted by molar-refractivity contribution is -0.535. The largest absolute Gasteiger partial charge is 0.851 e. The fourth-order valence-electron chi connectivity index (χ4n) is 8.21. The third-order valence-electron chi connectivity index (χ3n) is 10.3. The summed E-state index contributed by atoms with van der Waals surface area (Å²) in [6.45, 7) is 12.1. The normalized spacial score (nSPS) is 19.8. The van der Waals surface area contributed by atoms with Crippen LogP contribution in [-0.2, 0) is 0 Å². The highest BCUT2D eigenvalue weighted by atomic mass is 16.3. The first-order chi connectivity index (χ1) is 22.0. The Labute approximate surface area is 265 Å². The van der Waals surface area contributed by atoms with Gasteiger partial charge in [0.2, 0.25) is 0 Å². The molecule has 1 saturated carbocycles. The average Bonchev–Trinajstić information content (AvgIpc) is 3.07. The maximum Gasteiger partial charge on any atom is 0.0526 e. The molecule has 0 heterocycles. The van der Waals surface area contributed by atoms with E-state index in [-0.39, 0.29) is 0 Å². The third kappa shape index (κ3) is 4.28. The van der Waals surface area contributed by atoms with Gasteiger partial charge in [-0.25, -0.2) is 0 Å². The van der Waals surface area contributed by atoms with E-state index in [1.807, 2.05) is 36.4 Å². The molecule has 45 heavy (non-hydrogen) atoms. The summed E-state index contributed by atoms with van der Waals surface area (Å²) >= 11 is 0. The second-order valence-corrected chi connectivity index (χ2v) is 12.3. The fraction of sp³-hybridized carbons (Fsp3) is 0.300. The van der Waals surface area contributed by atoms with Crippen LogP contribution in [0.4, 0.5) is 17.1 Å². The van der Waals surface area contributed by atoms with E-state index < -0.39 is 24.0 Å². The van der Waals surface area contributed by atoms with E-state index in [1.54, 1.807) is 0 Å². The molecule has 1 fully saturated rings. The van der Waals surface area contributed by atoms with Crippen LogP contribution in [0.3, 0.4) is 0 Å². The van der Waals surface area contributed by atoms with Crippen molar-refractivity contribution in [1.29, 1.82) is 0 Å². The van der Waals surface area contributed by atoms with Crippen molar-refractivity contribution < 1.29 is 10.2 Å². The molecule has 0 aromatic heterocycles. The van der Waals surface area contributed by atoms with Gasteiger partial charge in [-0.3, -0.25) is 0 Å². The molecule has 7 rings (SSSR count). The van der Waals surface area contributed by atoms with Gasteiger partial charge in [0, 0.05) is 58.8 Å². The molecule has 6 aromatic carbocycles. The molecule has 0 bridgehead atoms. The minimum absolute atomic E-state index is 0.615. The predicted molar refractivity (Wildman–Crippen MR) is 188 cm³/mol. The SMILES string of the molecule is CCN(CC)c1c2ccccc2c(C2C([O-])C(c3c4ccccc4c(N(CC)CC)c4cccc(N)c34)C2[O-])c2ccccc12. The summed E-state index contributed by atoms with van der Waals surface area (Å²) < 4.78 is 0. The molecule has 0 aliphatic heterocycles. The van der Waals surface area contributed by atoms with Gasteiger partial charge in [0.1, 0.15) is 0 Å². The van der Waals surface area contributed by atoms with E-state index in [9.17, 15) is 10.2 Å². The Bertz CT molecular complexity index is 1980. The van der Waals surface area contributed by atoms with Gasteiger partial charge in [-0.15, -0.1) is 12.2 Å². The summed E-state index contributed by atoms with van der Waals surface area (Å²) in [5.41, 5.74) is 11.4. The quantitative estimate of drug-likeness (QED) is 0.153. The van der Waals surface area contributed by atoms with Crippen molar-refractivity contribution in [2.75, 3.05) is 41.7 Å². The Morgan fingerprint density at radius 2 is 0.844 bits per heavy atom. The Balaban J connectivity index is 1.47. The lowest BCUT2D eigenvalue weighted by Gasteiger charge is -2.62. The molecule has 0 saturated heterocycles. The maximum atomic E-state index is 14.7. The molecule has 0 amide bonds. The van der Waals surface area contributed by atoms with E-state index in [2.05, 4.69) is 92.1 Å². The van der Waals surface area contributed by atoms with Crippen LogP contribution < -0.4 is 25.7 Å². The molecule has 1 aliphatic rings. The second-order valence-electron chi connectivity index (χ2n) is 12.3. The molecular weight excluding hydrogens is 554 g/mol. The summed E-state index contributed by atoms with van der Waals surface area (Å²) in [5.74, 6) is -1.38. The smallest absolute Gasteiger partial charge is 0.0526 e. The summed E-state index contributed by atoms with van der Waals surface area (Å²) in [7, 11) is 0. The maximum absolute atomic E-state index is 14.7. The van der Waals surface area contributed by atoms with Gasteiger partial charge in [-0.1, -0.05) is 84.9 Å². The van der Waals surface area contributed by atoms with Crippen molar-refractivity contribution in [2.24, 2.45) is 0 Å². The first kappa shape index (κ1) is 29.4. The van der Waals surface area contributed by atoms with Crippen LogP contribution in [0.15, 0.2) is 91.0 Å². The highest BCUT2D eigenvalue weighted by Crippen LogP contribution is 2.55. The zero-order valence-corrected chi connectivity index (χ0v) is 26.6. The third-order valence-corrected chi connectivity index (χ3v) is 10.3. The standard InChI is InChI=1S/C40H41N3O2/c1-5-42(6-2)37-27-19-12-9-16-24(27)32(25-17-10-13-20-28(25)37)35-39(44)36(40(35)45)34-26-18-11-14-21-29(26)38(43(7-3)8-4)30-22-15-23-31(41)33(30)34/h9-23,35-36,39-40H,5-8,41H2,1-4H3/q-2. The number of anilines is 3. The van der Waals surface area contributed by atoms with Crippen LogP contribution in [0.25, 0.3) is 43.1 Å².